The van der Waals surface area contributed by atoms with Crippen LogP contribution >= 0.6 is 0 Å². The quantitative estimate of drug-likeness (QED) is 0.527. The van der Waals surface area contributed by atoms with Gasteiger partial charge in [-0.05, 0) is 63.2 Å². The molecule has 2 aliphatic heterocycles. The summed E-state index contributed by atoms with van der Waals surface area (Å²) in [4.78, 5) is 13.9. The molecular formula is C26H33N5O2. The Kier molecular flexibility index (Phi) is 6.48. The van der Waals surface area contributed by atoms with E-state index >= 15 is 0 Å². The normalized spacial score (nSPS) is 16.7. The fourth-order valence-electron chi connectivity index (χ4n) is 5.03. The third-order valence-electron chi connectivity index (χ3n) is 6.79. The number of nitrogens with zero attached hydrogens (tertiary/aromatic N) is 4. The fraction of sp³-hybridized carbons (Fsp3) is 0.462. The van der Waals surface area contributed by atoms with Crippen LogP contribution in [-0.2, 0) is 13.0 Å². The second-order valence-corrected chi connectivity index (χ2v) is 9.13. The van der Waals surface area contributed by atoms with Crippen molar-refractivity contribution in [2.75, 3.05) is 43.4 Å². The first-order valence-electron chi connectivity index (χ1n) is 12.1. The molecule has 1 aromatic heterocycles. The molecule has 0 spiro atoms. The van der Waals surface area contributed by atoms with E-state index in [0.717, 1.165) is 60.1 Å². The summed E-state index contributed by atoms with van der Waals surface area (Å²) in [5.74, 6) is 0.786. The largest absolute Gasteiger partial charge is 0.508 e. The number of piperidine rings is 1. The van der Waals surface area contributed by atoms with Gasteiger partial charge in [0.1, 0.15) is 11.6 Å². The Morgan fingerprint density at radius 1 is 1.00 bits per heavy atom. The number of anilines is 2. The zero-order valence-corrected chi connectivity index (χ0v) is 19.2. The average molecular weight is 448 g/mol. The summed E-state index contributed by atoms with van der Waals surface area (Å²) in [5.41, 5.74) is 9.20. The Morgan fingerprint density at radius 3 is 2.73 bits per heavy atom. The summed E-state index contributed by atoms with van der Waals surface area (Å²) >= 11 is 0. The molecule has 3 aromatic rings. The number of fused-ring (bicyclic) bond motifs is 2. The molecule has 7 heteroatoms. The van der Waals surface area contributed by atoms with E-state index in [9.17, 15) is 5.11 Å². The number of unbranched alkanes of at least 4 members (excludes halogenated alkanes) is 1. The topological polar surface area (TPSA) is 87.7 Å². The summed E-state index contributed by atoms with van der Waals surface area (Å²) < 4.78 is 5.89. The molecule has 0 amide bonds. The molecule has 0 bridgehead atoms. The van der Waals surface area contributed by atoms with Crippen LogP contribution in [0.1, 0.15) is 43.4 Å². The lowest BCUT2D eigenvalue weighted by Crippen LogP contribution is -2.32. The van der Waals surface area contributed by atoms with Crippen LogP contribution < -0.4 is 15.4 Å². The van der Waals surface area contributed by atoms with Gasteiger partial charge in [0.05, 0.1) is 18.8 Å². The van der Waals surface area contributed by atoms with Crippen molar-refractivity contribution in [2.45, 2.75) is 45.1 Å². The van der Waals surface area contributed by atoms with Gasteiger partial charge in [-0.25, -0.2) is 0 Å². The molecule has 3 heterocycles. The number of hydrogen-bond acceptors (Lipinski definition) is 7. The predicted molar refractivity (Wildman–Crippen MR) is 132 cm³/mol. The van der Waals surface area contributed by atoms with Gasteiger partial charge in [0.2, 0.25) is 0 Å². The highest BCUT2D eigenvalue weighted by Crippen LogP contribution is 2.35. The monoisotopic (exact) mass is 447 g/mol. The third kappa shape index (κ3) is 4.98. The van der Waals surface area contributed by atoms with Crippen LogP contribution in [0, 0.1) is 0 Å². The van der Waals surface area contributed by atoms with Crippen LogP contribution in [0.3, 0.4) is 0 Å². The second kappa shape index (κ2) is 9.83. The molecule has 0 saturated carbocycles. The minimum atomic E-state index is 0.269. The number of rotatable bonds is 7. The summed E-state index contributed by atoms with van der Waals surface area (Å²) in [6.07, 6.45) is 6.90. The highest BCUT2D eigenvalue weighted by atomic mass is 16.5. The first-order chi connectivity index (χ1) is 16.2. The minimum absolute atomic E-state index is 0.269. The molecule has 2 aliphatic rings. The van der Waals surface area contributed by atoms with Crippen LogP contribution in [0.5, 0.6) is 11.8 Å². The van der Waals surface area contributed by atoms with Crippen molar-refractivity contribution in [2.24, 2.45) is 0 Å². The Bertz CT molecular complexity index is 1110. The third-order valence-corrected chi connectivity index (χ3v) is 6.79. The maximum atomic E-state index is 10.3. The Balaban J connectivity index is 1.24. The van der Waals surface area contributed by atoms with E-state index in [1.807, 2.05) is 24.3 Å². The van der Waals surface area contributed by atoms with E-state index in [4.69, 9.17) is 15.5 Å². The Labute approximate surface area is 195 Å². The molecular weight excluding hydrogens is 414 g/mol. The van der Waals surface area contributed by atoms with E-state index in [1.54, 1.807) is 6.07 Å². The number of benzene rings is 2. The number of likely N-dealkylation sites (tertiary alicyclic amines) is 1. The van der Waals surface area contributed by atoms with Crippen LogP contribution in [0.2, 0.25) is 0 Å². The van der Waals surface area contributed by atoms with Gasteiger partial charge >= 0.3 is 6.01 Å². The van der Waals surface area contributed by atoms with Crippen LogP contribution in [0.25, 0.3) is 10.8 Å². The molecule has 7 nitrogen and oxygen atoms in total. The molecule has 3 N–H and O–H groups in total. The number of phenolic OH excluding ortho intramolecular Hbond substituents is 1. The maximum Gasteiger partial charge on any atom is 0.318 e. The van der Waals surface area contributed by atoms with Crippen molar-refractivity contribution < 1.29 is 9.84 Å². The van der Waals surface area contributed by atoms with Gasteiger partial charge in [0.25, 0.3) is 0 Å². The Morgan fingerprint density at radius 2 is 1.85 bits per heavy atom. The predicted octanol–water partition coefficient (Wildman–Crippen LogP) is 4.13. The van der Waals surface area contributed by atoms with Gasteiger partial charge in [-0.3, -0.25) is 0 Å². The standard InChI is InChI=1S/C26H33N5O2/c27-25-22-10-14-31(24-17-20(32)16-19-8-2-3-9-21(19)24)18-23(22)28-26(29-25)33-15-7-6-13-30-11-4-1-5-12-30/h2-3,8-9,16-17,32H,1,4-7,10-15,18H2,(H2,27,28,29). The summed E-state index contributed by atoms with van der Waals surface area (Å²) in [7, 11) is 0. The molecule has 5 rings (SSSR count). The number of hydrogen-bond donors (Lipinski definition) is 2. The summed E-state index contributed by atoms with van der Waals surface area (Å²) in [5, 5.41) is 12.4. The molecule has 0 atom stereocenters. The van der Waals surface area contributed by atoms with Gasteiger partial charge in [0, 0.05) is 29.2 Å². The molecule has 33 heavy (non-hydrogen) atoms. The lowest BCUT2D eigenvalue weighted by molar-refractivity contribution is 0.213. The van der Waals surface area contributed by atoms with Crippen LogP contribution in [0.4, 0.5) is 11.5 Å². The van der Waals surface area contributed by atoms with E-state index in [2.05, 4.69) is 20.9 Å². The van der Waals surface area contributed by atoms with Gasteiger partial charge in [-0.15, -0.1) is 0 Å². The lowest BCUT2D eigenvalue weighted by atomic mass is 10.0. The number of nitrogen functional groups attached to an aromatic ring is 1. The number of ether oxygens (including phenoxy) is 1. The van der Waals surface area contributed by atoms with Crippen molar-refractivity contribution in [3.63, 3.8) is 0 Å². The smallest absolute Gasteiger partial charge is 0.318 e. The molecule has 1 fully saturated rings. The van der Waals surface area contributed by atoms with Crippen molar-refractivity contribution in [1.29, 1.82) is 0 Å². The molecule has 0 aliphatic carbocycles. The summed E-state index contributed by atoms with van der Waals surface area (Å²) in [6, 6.07) is 12.1. The highest BCUT2D eigenvalue weighted by molar-refractivity contribution is 5.95. The van der Waals surface area contributed by atoms with Crippen molar-refractivity contribution in [3.8, 4) is 11.8 Å². The fourth-order valence-corrected chi connectivity index (χ4v) is 5.03. The van der Waals surface area contributed by atoms with Gasteiger partial charge < -0.3 is 25.4 Å². The molecule has 2 aromatic carbocycles. The number of phenols is 1. The van der Waals surface area contributed by atoms with Crippen LogP contribution in [-0.4, -0.2) is 52.8 Å². The zero-order chi connectivity index (χ0) is 22.6. The van der Waals surface area contributed by atoms with E-state index in [0.29, 0.717) is 25.0 Å². The van der Waals surface area contributed by atoms with Gasteiger partial charge in [-0.2, -0.15) is 9.97 Å². The maximum absolute atomic E-state index is 10.3. The van der Waals surface area contributed by atoms with E-state index in [-0.39, 0.29) is 5.75 Å². The van der Waals surface area contributed by atoms with Crippen molar-refractivity contribution >= 4 is 22.3 Å². The first kappa shape index (κ1) is 21.8. The summed E-state index contributed by atoms with van der Waals surface area (Å²) in [6.45, 7) is 5.62. The minimum Gasteiger partial charge on any atom is -0.508 e. The van der Waals surface area contributed by atoms with Crippen molar-refractivity contribution in [1.82, 2.24) is 14.9 Å². The number of aromatic hydroxyl groups is 1. The van der Waals surface area contributed by atoms with Gasteiger partial charge in [0.15, 0.2) is 0 Å². The zero-order valence-electron chi connectivity index (χ0n) is 19.2. The number of aromatic nitrogens is 2. The average Bonchev–Trinajstić information content (AvgIpc) is 2.83. The molecule has 174 valence electrons. The first-order valence-corrected chi connectivity index (χ1v) is 12.1. The second-order valence-electron chi connectivity index (χ2n) is 9.13. The lowest BCUT2D eigenvalue weighted by Gasteiger charge is -2.31. The number of nitrogens with two attached hydrogens (primary N) is 1. The van der Waals surface area contributed by atoms with E-state index < -0.39 is 0 Å². The molecule has 0 radical (unpaired) electrons. The Hall–Kier alpha value is -3.06. The molecule has 1 saturated heterocycles. The van der Waals surface area contributed by atoms with Crippen LogP contribution in [0.15, 0.2) is 36.4 Å². The molecule has 0 unspecified atom stereocenters. The van der Waals surface area contributed by atoms with Crippen molar-refractivity contribution in [3.05, 3.63) is 47.7 Å². The SMILES string of the molecule is Nc1nc(OCCCCN2CCCCC2)nc2c1CCN(c1cc(O)cc3ccccc13)C2. The van der Waals surface area contributed by atoms with E-state index in [1.165, 1.54) is 32.4 Å². The van der Waals surface area contributed by atoms with Gasteiger partial charge in [-0.1, -0.05) is 30.7 Å². The highest BCUT2D eigenvalue weighted by Gasteiger charge is 2.23.